The predicted molar refractivity (Wildman–Crippen MR) is 118 cm³/mol. The third kappa shape index (κ3) is 6.99. The van der Waals surface area contributed by atoms with Gasteiger partial charge in [-0.1, -0.05) is 30.3 Å². The maximum atomic E-state index is 10.4. The quantitative estimate of drug-likeness (QED) is 0.645. The van der Waals surface area contributed by atoms with Crippen molar-refractivity contribution in [3.63, 3.8) is 0 Å². The smallest absolute Gasteiger partial charge is 0.124 e. The van der Waals surface area contributed by atoms with Crippen LogP contribution in [0.4, 0.5) is 0 Å². The summed E-state index contributed by atoms with van der Waals surface area (Å²) in [5, 5.41) is 10.4. The molecule has 1 N–H and O–H groups in total. The van der Waals surface area contributed by atoms with E-state index < -0.39 is 6.10 Å². The lowest BCUT2D eigenvalue weighted by molar-refractivity contribution is 0.00998. The lowest BCUT2D eigenvalue weighted by Crippen LogP contribution is -2.37. The minimum Gasteiger partial charge on any atom is -0.497 e. The molecule has 2 aromatic rings. The summed E-state index contributed by atoms with van der Waals surface area (Å²) in [5.41, 5.74) is 2.30. The molecule has 6 heteroatoms. The first-order valence-electron chi connectivity index (χ1n) is 10.6. The van der Waals surface area contributed by atoms with Crippen molar-refractivity contribution < 1.29 is 19.3 Å². The first-order valence-corrected chi connectivity index (χ1v) is 10.6. The standard InChI is InChI=1S/C24H34N2O4/c1-28-23-10-8-20(9-11-23)16-25-12-5-13-26(15-14-25)17-22(27)19-30-18-21-6-3-4-7-24(21)29-2/h3-4,6-11,22,27H,5,12-19H2,1-2H3. The number of aliphatic hydroxyl groups excluding tert-OH is 1. The topological polar surface area (TPSA) is 54.4 Å². The van der Waals surface area contributed by atoms with Crippen LogP contribution < -0.4 is 9.47 Å². The van der Waals surface area contributed by atoms with E-state index in [-0.39, 0.29) is 0 Å². The maximum Gasteiger partial charge on any atom is 0.124 e. The molecule has 1 unspecified atom stereocenters. The van der Waals surface area contributed by atoms with E-state index in [0.29, 0.717) is 19.8 Å². The number of ether oxygens (including phenoxy) is 3. The summed E-state index contributed by atoms with van der Waals surface area (Å²) in [6.45, 7) is 6.39. The van der Waals surface area contributed by atoms with Crippen LogP contribution in [-0.4, -0.2) is 74.6 Å². The second-order valence-electron chi connectivity index (χ2n) is 7.76. The minimum absolute atomic E-state index is 0.324. The number of hydrogen-bond acceptors (Lipinski definition) is 6. The third-order valence-electron chi connectivity index (χ3n) is 5.48. The largest absolute Gasteiger partial charge is 0.497 e. The molecule has 0 spiro atoms. The van der Waals surface area contributed by atoms with Crippen LogP contribution in [0.1, 0.15) is 17.5 Å². The number of methoxy groups -OCH3 is 2. The Kier molecular flexibility index (Phi) is 8.96. The summed E-state index contributed by atoms with van der Waals surface area (Å²) in [6.07, 6.45) is 0.609. The molecule has 1 aliphatic rings. The molecule has 0 bridgehead atoms. The molecule has 1 heterocycles. The van der Waals surface area contributed by atoms with Crippen LogP contribution in [0, 0.1) is 0 Å². The Morgan fingerprint density at radius 1 is 0.900 bits per heavy atom. The van der Waals surface area contributed by atoms with E-state index in [4.69, 9.17) is 14.2 Å². The van der Waals surface area contributed by atoms with Gasteiger partial charge < -0.3 is 19.3 Å². The van der Waals surface area contributed by atoms with Gasteiger partial charge in [-0.05, 0) is 43.3 Å². The normalized spacial score (nSPS) is 16.8. The van der Waals surface area contributed by atoms with Gasteiger partial charge in [0.15, 0.2) is 0 Å². The van der Waals surface area contributed by atoms with E-state index in [9.17, 15) is 5.11 Å². The molecule has 2 aromatic carbocycles. The summed E-state index contributed by atoms with van der Waals surface area (Å²) in [7, 11) is 3.35. The number of rotatable bonds is 10. The molecule has 1 atom stereocenters. The molecule has 0 aromatic heterocycles. The van der Waals surface area contributed by atoms with E-state index in [2.05, 4.69) is 21.9 Å². The van der Waals surface area contributed by atoms with Gasteiger partial charge in [0.25, 0.3) is 0 Å². The van der Waals surface area contributed by atoms with Crippen LogP contribution in [0.25, 0.3) is 0 Å². The number of para-hydroxylation sites is 1. The molecular formula is C24H34N2O4. The van der Waals surface area contributed by atoms with Crippen LogP contribution in [0.5, 0.6) is 11.5 Å². The molecule has 1 fully saturated rings. The Hall–Kier alpha value is -2.12. The number of β-amino-alcohol motifs (C(OH)–C–C–N with tert-alkyl or cyclic N) is 1. The van der Waals surface area contributed by atoms with Crippen molar-refractivity contribution in [2.45, 2.75) is 25.7 Å². The summed E-state index contributed by atoms with van der Waals surface area (Å²) >= 11 is 0. The average molecular weight is 415 g/mol. The Labute approximate surface area is 180 Å². The molecule has 6 nitrogen and oxygen atoms in total. The molecule has 164 valence electrons. The number of aliphatic hydroxyl groups is 1. The zero-order valence-electron chi connectivity index (χ0n) is 18.1. The molecule has 0 aliphatic carbocycles. The fraction of sp³-hybridized carbons (Fsp3) is 0.500. The van der Waals surface area contributed by atoms with E-state index in [1.54, 1.807) is 14.2 Å². The Balaban J connectivity index is 1.38. The number of nitrogens with zero attached hydrogens (tertiary/aromatic N) is 2. The van der Waals surface area contributed by atoms with Gasteiger partial charge in [-0.15, -0.1) is 0 Å². The van der Waals surface area contributed by atoms with Crippen molar-refractivity contribution in [1.82, 2.24) is 9.80 Å². The van der Waals surface area contributed by atoms with Gasteiger partial charge in [0.1, 0.15) is 11.5 Å². The van der Waals surface area contributed by atoms with Crippen LogP contribution in [0.2, 0.25) is 0 Å². The van der Waals surface area contributed by atoms with E-state index in [1.807, 2.05) is 36.4 Å². The summed E-state index contributed by atoms with van der Waals surface area (Å²) in [6, 6.07) is 16.1. The summed E-state index contributed by atoms with van der Waals surface area (Å²) in [5.74, 6) is 1.71. The van der Waals surface area contributed by atoms with Gasteiger partial charge in [-0.2, -0.15) is 0 Å². The van der Waals surface area contributed by atoms with Crippen molar-refractivity contribution in [2.24, 2.45) is 0 Å². The van der Waals surface area contributed by atoms with Crippen LogP contribution >= 0.6 is 0 Å². The molecule has 0 amide bonds. The fourth-order valence-electron chi connectivity index (χ4n) is 3.83. The number of benzene rings is 2. The van der Waals surface area contributed by atoms with Crippen molar-refractivity contribution in [3.8, 4) is 11.5 Å². The van der Waals surface area contributed by atoms with Crippen molar-refractivity contribution >= 4 is 0 Å². The Bertz CT molecular complexity index is 753. The van der Waals surface area contributed by atoms with Gasteiger partial charge in [0.2, 0.25) is 0 Å². The monoisotopic (exact) mass is 414 g/mol. The van der Waals surface area contributed by atoms with Gasteiger partial charge >= 0.3 is 0 Å². The van der Waals surface area contributed by atoms with E-state index in [0.717, 1.165) is 56.2 Å². The van der Waals surface area contributed by atoms with E-state index in [1.165, 1.54) is 5.56 Å². The molecule has 0 saturated carbocycles. The molecule has 1 aliphatic heterocycles. The summed E-state index contributed by atoms with van der Waals surface area (Å²) < 4.78 is 16.3. The second-order valence-corrected chi connectivity index (χ2v) is 7.76. The summed E-state index contributed by atoms with van der Waals surface area (Å²) in [4.78, 5) is 4.82. The highest BCUT2D eigenvalue weighted by atomic mass is 16.5. The maximum absolute atomic E-state index is 10.4. The number of hydrogen-bond donors (Lipinski definition) is 1. The zero-order chi connectivity index (χ0) is 21.2. The Morgan fingerprint density at radius 3 is 2.40 bits per heavy atom. The predicted octanol–water partition coefficient (Wildman–Crippen LogP) is 2.79. The van der Waals surface area contributed by atoms with Crippen LogP contribution in [0.15, 0.2) is 48.5 Å². The molecule has 3 rings (SSSR count). The van der Waals surface area contributed by atoms with Crippen LogP contribution in [-0.2, 0) is 17.9 Å². The zero-order valence-corrected chi connectivity index (χ0v) is 18.1. The first-order chi connectivity index (χ1) is 14.7. The SMILES string of the molecule is COc1ccc(CN2CCCN(CC(O)COCc3ccccc3OC)CC2)cc1. The lowest BCUT2D eigenvalue weighted by Gasteiger charge is -2.24. The molecule has 0 radical (unpaired) electrons. The second kappa shape index (κ2) is 11.9. The van der Waals surface area contributed by atoms with Gasteiger partial charge in [0.05, 0.1) is 33.5 Å². The molecule has 30 heavy (non-hydrogen) atoms. The van der Waals surface area contributed by atoms with Crippen molar-refractivity contribution in [2.75, 3.05) is 53.6 Å². The highest BCUT2D eigenvalue weighted by molar-refractivity contribution is 5.32. The van der Waals surface area contributed by atoms with Crippen molar-refractivity contribution in [1.29, 1.82) is 0 Å². The third-order valence-corrected chi connectivity index (χ3v) is 5.48. The van der Waals surface area contributed by atoms with E-state index >= 15 is 0 Å². The first kappa shape index (κ1) is 22.6. The van der Waals surface area contributed by atoms with Gasteiger partial charge in [-0.3, -0.25) is 9.80 Å². The van der Waals surface area contributed by atoms with Gasteiger partial charge in [-0.25, -0.2) is 0 Å². The fourth-order valence-corrected chi connectivity index (χ4v) is 3.83. The van der Waals surface area contributed by atoms with Gasteiger partial charge in [0, 0.05) is 31.7 Å². The highest BCUT2D eigenvalue weighted by Gasteiger charge is 2.18. The Morgan fingerprint density at radius 2 is 1.63 bits per heavy atom. The lowest BCUT2D eigenvalue weighted by atomic mass is 10.2. The molecular weight excluding hydrogens is 380 g/mol. The van der Waals surface area contributed by atoms with Crippen molar-refractivity contribution in [3.05, 3.63) is 59.7 Å². The highest BCUT2D eigenvalue weighted by Crippen LogP contribution is 2.18. The van der Waals surface area contributed by atoms with Crippen LogP contribution in [0.3, 0.4) is 0 Å². The average Bonchev–Trinajstić information content (AvgIpc) is 2.99. The minimum atomic E-state index is -0.493. The molecule has 1 saturated heterocycles.